The zero-order valence-electron chi connectivity index (χ0n) is 11.4. The largest absolute Gasteiger partial charge is 0.493 e. The summed E-state index contributed by atoms with van der Waals surface area (Å²) in [6, 6.07) is 5.98. The average molecular weight is 321 g/mol. The molecule has 0 aliphatic rings. The van der Waals surface area contributed by atoms with E-state index in [0.29, 0.717) is 12.2 Å². The second-order valence-electron chi connectivity index (χ2n) is 4.66. The van der Waals surface area contributed by atoms with Gasteiger partial charge in [0.25, 0.3) is 0 Å². The Morgan fingerprint density at radius 3 is 2.10 bits per heavy atom. The van der Waals surface area contributed by atoms with Crippen LogP contribution in [0.5, 0.6) is 5.75 Å². The first-order valence-corrected chi connectivity index (χ1v) is 9.66. The van der Waals surface area contributed by atoms with Gasteiger partial charge in [-0.2, -0.15) is 0 Å². The van der Waals surface area contributed by atoms with E-state index >= 15 is 0 Å². The van der Waals surface area contributed by atoms with Crippen LogP contribution < -0.4 is 9.88 Å². The minimum Gasteiger partial charge on any atom is -0.493 e. The van der Waals surface area contributed by atoms with Gasteiger partial charge in [0.05, 0.1) is 17.3 Å². The van der Waals surface area contributed by atoms with Crippen molar-refractivity contribution in [1.82, 2.24) is 0 Å². The molecule has 1 rings (SSSR count). The van der Waals surface area contributed by atoms with Crippen molar-refractivity contribution < 1.29 is 21.6 Å². The lowest BCUT2D eigenvalue weighted by Gasteiger charge is -2.14. The maximum absolute atomic E-state index is 11.3. The molecule has 0 aromatic heterocycles. The summed E-state index contributed by atoms with van der Waals surface area (Å²) in [6.45, 7) is 2.07. The summed E-state index contributed by atoms with van der Waals surface area (Å²) in [7, 11) is -6.76. The van der Waals surface area contributed by atoms with E-state index in [2.05, 4.69) is 0 Å². The molecule has 0 aliphatic carbocycles. The maximum Gasteiger partial charge on any atom is 0.209 e. The van der Waals surface area contributed by atoms with Gasteiger partial charge in [-0.05, 0) is 30.7 Å². The summed E-state index contributed by atoms with van der Waals surface area (Å²) in [4.78, 5) is 0.210. The SMILES string of the molecule is CCC(COc1ccc(S(C)(=O)=O)cc1)CS(N)(=O)=O. The Labute approximate surface area is 119 Å². The summed E-state index contributed by atoms with van der Waals surface area (Å²) >= 11 is 0. The van der Waals surface area contributed by atoms with Gasteiger partial charge in [-0.15, -0.1) is 0 Å². The second-order valence-corrected chi connectivity index (χ2v) is 8.33. The van der Waals surface area contributed by atoms with Crippen molar-refractivity contribution in [3.8, 4) is 5.75 Å². The van der Waals surface area contributed by atoms with Crippen LogP contribution in [-0.2, 0) is 19.9 Å². The van der Waals surface area contributed by atoms with Crippen LogP contribution in [0.25, 0.3) is 0 Å². The van der Waals surface area contributed by atoms with E-state index < -0.39 is 19.9 Å². The summed E-state index contributed by atoms with van der Waals surface area (Å²) < 4.78 is 50.1. The third kappa shape index (κ3) is 5.89. The van der Waals surface area contributed by atoms with Crippen LogP contribution in [-0.4, -0.2) is 35.5 Å². The van der Waals surface area contributed by atoms with E-state index in [1.807, 2.05) is 6.92 Å². The lowest BCUT2D eigenvalue weighted by atomic mass is 10.1. The molecule has 0 aliphatic heterocycles. The maximum atomic E-state index is 11.3. The number of sulfone groups is 1. The Morgan fingerprint density at radius 1 is 1.15 bits per heavy atom. The van der Waals surface area contributed by atoms with Crippen LogP contribution in [0.4, 0.5) is 0 Å². The summed E-state index contributed by atoms with van der Waals surface area (Å²) in [6.07, 6.45) is 1.75. The zero-order valence-corrected chi connectivity index (χ0v) is 13.1. The molecule has 0 heterocycles. The quantitative estimate of drug-likeness (QED) is 0.799. The van der Waals surface area contributed by atoms with Crippen LogP contribution in [0, 0.1) is 5.92 Å². The van der Waals surface area contributed by atoms with Crippen molar-refractivity contribution in [2.24, 2.45) is 11.1 Å². The van der Waals surface area contributed by atoms with E-state index in [4.69, 9.17) is 9.88 Å². The van der Waals surface area contributed by atoms with Gasteiger partial charge < -0.3 is 4.74 Å². The molecule has 6 nitrogen and oxygen atoms in total. The molecule has 0 radical (unpaired) electrons. The normalized spacial score (nSPS) is 13.9. The van der Waals surface area contributed by atoms with Crippen molar-refractivity contribution in [1.29, 1.82) is 0 Å². The standard InChI is InChI=1S/C12H19NO5S2/c1-3-10(9-20(13,16)17)8-18-11-4-6-12(7-5-11)19(2,14)15/h4-7,10H,3,8-9H2,1-2H3,(H2,13,16,17). The van der Waals surface area contributed by atoms with Gasteiger partial charge >= 0.3 is 0 Å². The molecule has 0 fully saturated rings. The van der Waals surface area contributed by atoms with Gasteiger partial charge in [0.1, 0.15) is 5.75 Å². The predicted octanol–water partition coefficient (Wildman–Crippen LogP) is 0.784. The first kappa shape index (κ1) is 16.9. The van der Waals surface area contributed by atoms with Crippen LogP contribution in [0.3, 0.4) is 0 Å². The highest BCUT2D eigenvalue weighted by Gasteiger charge is 2.15. The topological polar surface area (TPSA) is 104 Å². The zero-order chi connectivity index (χ0) is 15.4. The molecule has 20 heavy (non-hydrogen) atoms. The van der Waals surface area contributed by atoms with Crippen LogP contribution >= 0.6 is 0 Å². The monoisotopic (exact) mass is 321 g/mol. The molecule has 1 aromatic carbocycles. The molecule has 0 spiro atoms. The van der Waals surface area contributed by atoms with E-state index in [-0.39, 0.29) is 23.2 Å². The molecule has 8 heteroatoms. The number of ether oxygens (including phenoxy) is 1. The summed E-state index contributed by atoms with van der Waals surface area (Å²) in [5.74, 6) is 0.162. The molecule has 1 unspecified atom stereocenters. The number of primary sulfonamides is 1. The molecular formula is C12H19NO5S2. The predicted molar refractivity (Wildman–Crippen MR) is 76.8 cm³/mol. The van der Waals surface area contributed by atoms with Gasteiger partial charge in [-0.25, -0.2) is 22.0 Å². The number of sulfonamides is 1. The van der Waals surface area contributed by atoms with Gasteiger partial charge in [0, 0.05) is 12.2 Å². The molecule has 2 N–H and O–H groups in total. The summed E-state index contributed by atoms with van der Waals surface area (Å²) in [5, 5.41) is 5.00. The van der Waals surface area contributed by atoms with Crippen LogP contribution in [0.1, 0.15) is 13.3 Å². The van der Waals surface area contributed by atoms with Crippen molar-refractivity contribution >= 4 is 19.9 Å². The van der Waals surface area contributed by atoms with E-state index in [1.54, 1.807) is 12.1 Å². The van der Waals surface area contributed by atoms with Crippen molar-refractivity contribution in [2.75, 3.05) is 18.6 Å². The van der Waals surface area contributed by atoms with Gasteiger partial charge in [-0.1, -0.05) is 6.92 Å². The minimum absolute atomic E-state index is 0.134. The Balaban J connectivity index is 2.65. The number of hydrogen-bond donors (Lipinski definition) is 1. The highest BCUT2D eigenvalue weighted by atomic mass is 32.2. The first-order chi connectivity index (χ1) is 9.12. The number of rotatable bonds is 7. The molecule has 1 aromatic rings. The molecular weight excluding hydrogens is 302 g/mol. The van der Waals surface area contributed by atoms with Crippen LogP contribution in [0.15, 0.2) is 29.2 Å². The average Bonchev–Trinajstić information content (AvgIpc) is 2.32. The molecule has 0 bridgehead atoms. The highest BCUT2D eigenvalue weighted by Crippen LogP contribution is 2.17. The first-order valence-electron chi connectivity index (χ1n) is 6.05. The minimum atomic E-state index is -3.53. The highest BCUT2D eigenvalue weighted by molar-refractivity contribution is 7.90. The Kier molecular flexibility index (Phi) is 5.55. The van der Waals surface area contributed by atoms with E-state index in [1.165, 1.54) is 12.1 Å². The summed E-state index contributed by atoms with van der Waals surface area (Å²) in [5.41, 5.74) is 0. The fourth-order valence-electron chi connectivity index (χ4n) is 1.61. The third-order valence-corrected chi connectivity index (χ3v) is 4.85. The van der Waals surface area contributed by atoms with Gasteiger partial charge in [0.15, 0.2) is 9.84 Å². The van der Waals surface area contributed by atoms with Crippen molar-refractivity contribution in [3.05, 3.63) is 24.3 Å². The molecule has 1 atom stereocenters. The van der Waals surface area contributed by atoms with E-state index in [9.17, 15) is 16.8 Å². The lowest BCUT2D eigenvalue weighted by Crippen LogP contribution is -2.26. The molecule has 0 saturated carbocycles. The molecule has 0 amide bonds. The fourth-order valence-corrected chi connectivity index (χ4v) is 3.23. The van der Waals surface area contributed by atoms with Crippen LogP contribution in [0.2, 0.25) is 0 Å². The Bertz CT molecular complexity index is 635. The van der Waals surface area contributed by atoms with E-state index in [0.717, 1.165) is 6.26 Å². The Hall–Kier alpha value is -1.12. The van der Waals surface area contributed by atoms with Gasteiger partial charge in [-0.3, -0.25) is 0 Å². The second kappa shape index (κ2) is 6.55. The third-order valence-electron chi connectivity index (χ3n) is 2.78. The Morgan fingerprint density at radius 2 is 1.70 bits per heavy atom. The van der Waals surface area contributed by atoms with Gasteiger partial charge in [0.2, 0.25) is 10.0 Å². The van der Waals surface area contributed by atoms with Crippen molar-refractivity contribution in [3.63, 3.8) is 0 Å². The fraction of sp³-hybridized carbons (Fsp3) is 0.500. The molecule has 114 valence electrons. The smallest absolute Gasteiger partial charge is 0.209 e. The number of benzene rings is 1. The number of nitrogens with two attached hydrogens (primary N) is 1. The lowest BCUT2D eigenvalue weighted by molar-refractivity contribution is 0.257. The molecule has 0 saturated heterocycles. The number of hydrogen-bond acceptors (Lipinski definition) is 5. The van der Waals surface area contributed by atoms with Crippen molar-refractivity contribution in [2.45, 2.75) is 18.2 Å².